The number of ketones is 3. The predicted molar refractivity (Wildman–Crippen MR) is 142 cm³/mol. The van der Waals surface area contributed by atoms with Crippen molar-refractivity contribution < 1.29 is 44.1 Å². The summed E-state index contributed by atoms with van der Waals surface area (Å²) < 4.78 is 0. The number of nitrogens with one attached hydrogen (secondary N) is 1. The molecule has 0 bridgehead atoms. The smallest absolute Gasteiger partial charge is 0.274 e. The Hall–Kier alpha value is -3.97. The normalized spacial score (nSPS) is 30.8. The molecule has 41 heavy (non-hydrogen) atoms. The lowest BCUT2D eigenvalue weighted by atomic mass is 9.52. The first-order valence-electron chi connectivity index (χ1n) is 13.1. The van der Waals surface area contributed by atoms with E-state index in [1.807, 2.05) is 0 Å². The van der Waals surface area contributed by atoms with Crippen molar-refractivity contribution in [2.24, 2.45) is 29.4 Å². The number of likely N-dealkylation sites (N-methyl/N-ethyl adjacent to an activating group) is 1. The summed E-state index contributed by atoms with van der Waals surface area (Å²) >= 11 is 0. The molecule has 4 unspecified atom stereocenters. The monoisotopic (exact) mass is 565 g/mol. The Balaban J connectivity index is 1.62. The molecule has 0 aliphatic heterocycles. The zero-order chi connectivity index (χ0) is 30.0. The van der Waals surface area contributed by atoms with Gasteiger partial charge in [-0.1, -0.05) is 18.2 Å². The highest BCUT2D eigenvalue weighted by Gasteiger charge is 2.69. The minimum absolute atomic E-state index is 0.000591. The van der Waals surface area contributed by atoms with Gasteiger partial charge in [-0.15, -0.1) is 0 Å². The fourth-order valence-corrected chi connectivity index (χ4v) is 7.07. The third-order valence-electron chi connectivity index (χ3n) is 8.80. The molecule has 0 spiro atoms. The van der Waals surface area contributed by atoms with Gasteiger partial charge in [0, 0.05) is 17.5 Å². The van der Waals surface area contributed by atoms with Gasteiger partial charge in [-0.05, 0) is 67.7 Å². The number of rotatable bonds is 5. The van der Waals surface area contributed by atoms with Gasteiger partial charge < -0.3 is 26.0 Å². The SMILES string of the molecule is CONC(=O)c1cccc(-c2ccc(O)c3c2C[C@@H]2C[C@@H]4C(N(C)C)C(O)C(C(N)=O)C(=O)[C@]4(O)C(=O)C2C3=O)c1. The average Bonchev–Trinajstić information content (AvgIpc) is 2.90. The first-order chi connectivity index (χ1) is 19.3. The molecule has 12 heteroatoms. The number of carbonyl (C=O) groups excluding carboxylic acids is 5. The molecule has 3 aliphatic carbocycles. The van der Waals surface area contributed by atoms with Crippen LogP contribution in [0.5, 0.6) is 5.75 Å². The van der Waals surface area contributed by atoms with Crippen LogP contribution in [-0.4, -0.2) is 88.3 Å². The van der Waals surface area contributed by atoms with Crippen molar-refractivity contribution in [2.75, 3.05) is 21.2 Å². The Morgan fingerprint density at radius 3 is 2.46 bits per heavy atom. The first-order valence-corrected chi connectivity index (χ1v) is 13.1. The highest BCUT2D eigenvalue weighted by atomic mass is 16.6. The number of benzene rings is 2. The van der Waals surface area contributed by atoms with Crippen molar-refractivity contribution in [1.82, 2.24) is 10.4 Å². The number of fused-ring (bicyclic) bond motifs is 3. The van der Waals surface area contributed by atoms with Crippen molar-refractivity contribution in [1.29, 1.82) is 0 Å². The fourth-order valence-electron chi connectivity index (χ4n) is 7.07. The van der Waals surface area contributed by atoms with E-state index in [2.05, 4.69) is 5.48 Å². The topological polar surface area (TPSA) is 197 Å². The molecular formula is C29H31N3O9. The van der Waals surface area contributed by atoms with Gasteiger partial charge in [0.2, 0.25) is 5.91 Å². The van der Waals surface area contributed by atoms with Crippen LogP contribution < -0.4 is 11.2 Å². The highest BCUT2D eigenvalue weighted by Crippen LogP contribution is 2.52. The second-order valence-corrected chi connectivity index (χ2v) is 11.2. The Bertz CT molecular complexity index is 1490. The number of amides is 2. The number of Topliss-reactive ketones (excluding diaryl/α,β-unsaturated/α-hetero) is 3. The molecule has 3 aliphatic rings. The maximum absolute atomic E-state index is 14.0. The third-order valence-corrected chi connectivity index (χ3v) is 8.80. The van der Waals surface area contributed by atoms with Crippen molar-refractivity contribution >= 4 is 29.2 Å². The van der Waals surface area contributed by atoms with Gasteiger partial charge >= 0.3 is 0 Å². The number of aliphatic hydroxyl groups excluding tert-OH is 1. The number of nitrogens with zero attached hydrogens (tertiary/aromatic N) is 1. The van der Waals surface area contributed by atoms with E-state index >= 15 is 0 Å². The van der Waals surface area contributed by atoms with E-state index in [4.69, 9.17) is 10.6 Å². The molecule has 2 fully saturated rings. The Morgan fingerprint density at radius 1 is 1.12 bits per heavy atom. The minimum Gasteiger partial charge on any atom is -0.507 e. The largest absolute Gasteiger partial charge is 0.507 e. The number of aromatic hydroxyl groups is 1. The van der Waals surface area contributed by atoms with Crippen LogP contribution >= 0.6 is 0 Å². The van der Waals surface area contributed by atoms with Crippen molar-refractivity contribution in [3.63, 3.8) is 0 Å². The van der Waals surface area contributed by atoms with Crippen LogP contribution in [-0.2, 0) is 25.6 Å². The molecule has 2 amide bonds. The van der Waals surface area contributed by atoms with Crippen molar-refractivity contribution in [3.05, 3.63) is 53.1 Å². The fraction of sp³-hybridized carbons (Fsp3) is 0.414. The van der Waals surface area contributed by atoms with E-state index in [1.54, 1.807) is 44.4 Å². The van der Waals surface area contributed by atoms with E-state index < -0.39 is 70.6 Å². The molecular weight excluding hydrogens is 534 g/mol. The molecule has 7 atom stereocenters. The Kier molecular flexibility index (Phi) is 7.06. The van der Waals surface area contributed by atoms with E-state index in [-0.39, 0.29) is 29.7 Å². The summed E-state index contributed by atoms with van der Waals surface area (Å²) in [5.74, 6) is -10.2. The molecule has 2 aromatic rings. The van der Waals surface area contributed by atoms with Crippen LogP contribution in [0.4, 0.5) is 0 Å². The van der Waals surface area contributed by atoms with E-state index in [0.717, 1.165) is 0 Å². The van der Waals surface area contributed by atoms with Crippen LogP contribution in [0.15, 0.2) is 36.4 Å². The quantitative estimate of drug-likeness (QED) is 0.235. The van der Waals surface area contributed by atoms with E-state index in [0.29, 0.717) is 16.7 Å². The van der Waals surface area contributed by atoms with Gasteiger partial charge in [0.25, 0.3) is 5.91 Å². The van der Waals surface area contributed by atoms with Crippen LogP contribution in [0.3, 0.4) is 0 Å². The van der Waals surface area contributed by atoms with Gasteiger partial charge in [-0.3, -0.25) is 28.8 Å². The van der Waals surface area contributed by atoms with E-state index in [9.17, 15) is 39.3 Å². The van der Waals surface area contributed by atoms with Gasteiger partial charge in [0.15, 0.2) is 23.0 Å². The summed E-state index contributed by atoms with van der Waals surface area (Å²) in [6, 6.07) is 8.51. The lowest BCUT2D eigenvalue weighted by Crippen LogP contribution is -2.75. The standard InChI is InChI=1S/C29H31N3O9/c1-32(2)22-17-11-14-10-16-15(12-5-4-6-13(9-12)28(39)31-41-3)7-8-18(33)20(16)23(34)19(14)25(36)29(17,40)26(37)21(24(22)35)27(30)38/h4-9,14,17,19,21-22,24,33,35,40H,10-11H2,1-3H3,(H2,30,38)(H,31,39)/t14-,17-,19?,21?,22?,24?,29-/m1/s1. The molecule has 0 aromatic heterocycles. The summed E-state index contributed by atoms with van der Waals surface area (Å²) in [5.41, 5.74) is 6.70. The molecule has 2 saturated carbocycles. The molecule has 2 aromatic carbocycles. The first kappa shape index (κ1) is 28.6. The molecule has 12 nitrogen and oxygen atoms in total. The lowest BCUT2D eigenvalue weighted by molar-refractivity contribution is -0.190. The summed E-state index contributed by atoms with van der Waals surface area (Å²) in [4.78, 5) is 72.0. The number of carbonyl (C=O) groups is 5. The second-order valence-electron chi connectivity index (χ2n) is 11.2. The van der Waals surface area contributed by atoms with Crippen LogP contribution in [0.2, 0.25) is 0 Å². The molecule has 216 valence electrons. The summed E-state index contributed by atoms with van der Waals surface area (Å²) in [7, 11) is 4.48. The Labute approximate surface area is 235 Å². The summed E-state index contributed by atoms with van der Waals surface area (Å²) in [5, 5.41) is 33.5. The second kappa shape index (κ2) is 10.1. The van der Waals surface area contributed by atoms with Gasteiger partial charge in [-0.25, -0.2) is 5.48 Å². The minimum atomic E-state index is -2.72. The third kappa shape index (κ3) is 4.17. The lowest BCUT2D eigenvalue weighted by Gasteiger charge is -2.54. The number of hydrogen-bond acceptors (Lipinski definition) is 10. The predicted octanol–water partition coefficient (Wildman–Crippen LogP) is -0.383. The highest BCUT2D eigenvalue weighted by molar-refractivity contribution is 6.25. The Morgan fingerprint density at radius 2 is 1.83 bits per heavy atom. The van der Waals surface area contributed by atoms with Gasteiger partial charge in [0.1, 0.15) is 11.7 Å². The van der Waals surface area contributed by atoms with Crippen LogP contribution in [0, 0.1) is 23.7 Å². The number of nitrogens with two attached hydrogens (primary N) is 1. The maximum Gasteiger partial charge on any atom is 0.274 e. The number of hydroxylamine groups is 1. The number of phenols is 1. The average molecular weight is 566 g/mol. The zero-order valence-electron chi connectivity index (χ0n) is 22.7. The number of hydrogen-bond donors (Lipinski definition) is 5. The van der Waals surface area contributed by atoms with E-state index in [1.165, 1.54) is 18.1 Å². The molecule has 0 saturated heterocycles. The van der Waals surface area contributed by atoms with Crippen LogP contribution in [0.1, 0.15) is 32.7 Å². The number of primary amides is 1. The molecule has 6 N–H and O–H groups in total. The van der Waals surface area contributed by atoms with Crippen molar-refractivity contribution in [2.45, 2.75) is 30.6 Å². The molecule has 5 rings (SSSR count). The maximum atomic E-state index is 14.0. The molecule has 0 heterocycles. The number of aliphatic hydroxyl groups is 2. The summed E-state index contributed by atoms with van der Waals surface area (Å²) in [6.07, 6.45) is -1.44. The molecule has 0 radical (unpaired) electrons. The summed E-state index contributed by atoms with van der Waals surface area (Å²) in [6.45, 7) is 0. The van der Waals surface area contributed by atoms with Crippen molar-refractivity contribution in [3.8, 4) is 16.9 Å². The number of phenolic OH excluding ortho intramolecular Hbond substituents is 1. The zero-order valence-corrected chi connectivity index (χ0v) is 22.7. The van der Waals surface area contributed by atoms with Gasteiger partial charge in [-0.2, -0.15) is 0 Å². The van der Waals surface area contributed by atoms with Gasteiger partial charge in [0.05, 0.1) is 24.7 Å². The van der Waals surface area contributed by atoms with Crippen LogP contribution in [0.25, 0.3) is 11.1 Å².